The summed E-state index contributed by atoms with van der Waals surface area (Å²) in [5, 5.41) is 1.80. The highest BCUT2D eigenvalue weighted by atomic mass is 35.5. The van der Waals surface area contributed by atoms with Crippen molar-refractivity contribution in [2.75, 3.05) is 0 Å². The smallest absolute Gasteiger partial charge is 0.241 e. The number of aromatic nitrogens is 1. The van der Waals surface area contributed by atoms with Gasteiger partial charge in [-0.1, -0.05) is 47.5 Å². The molecular formula is C18H16Cl2N2O2S2. The van der Waals surface area contributed by atoms with Crippen molar-refractivity contribution >= 4 is 44.6 Å². The summed E-state index contributed by atoms with van der Waals surface area (Å²) >= 11 is 13.7. The second kappa shape index (κ2) is 7.66. The molecule has 136 valence electrons. The zero-order valence-electron chi connectivity index (χ0n) is 14.1. The second-order valence-electron chi connectivity index (χ2n) is 5.69. The fraction of sp³-hybridized carbons (Fsp3) is 0.167. The van der Waals surface area contributed by atoms with Crippen LogP contribution in [0.2, 0.25) is 10.0 Å². The topological polar surface area (TPSA) is 59.1 Å². The molecule has 0 saturated carbocycles. The van der Waals surface area contributed by atoms with E-state index in [0.29, 0.717) is 15.6 Å². The summed E-state index contributed by atoms with van der Waals surface area (Å²) in [7, 11) is -3.67. The minimum atomic E-state index is -3.67. The highest BCUT2D eigenvalue weighted by molar-refractivity contribution is 7.89. The largest absolute Gasteiger partial charge is 0.241 e. The van der Waals surface area contributed by atoms with E-state index >= 15 is 0 Å². The van der Waals surface area contributed by atoms with E-state index in [2.05, 4.69) is 9.71 Å². The predicted octanol–water partition coefficient (Wildman–Crippen LogP) is 5.21. The van der Waals surface area contributed by atoms with Crippen LogP contribution in [0.4, 0.5) is 0 Å². The molecular weight excluding hydrogens is 411 g/mol. The zero-order valence-corrected chi connectivity index (χ0v) is 17.2. The van der Waals surface area contributed by atoms with Gasteiger partial charge in [0.25, 0.3) is 0 Å². The van der Waals surface area contributed by atoms with Crippen molar-refractivity contribution in [3.63, 3.8) is 0 Å². The van der Waals surface area contributed by atoms with Gasteiger partial charge in [0.05, 0.1) is 15.6 Å². The minimum absolute atomic E-state index is 0.155. The summed E-state index contributed by atoms with van der Waals surface area (Å²) in [6.07, 6.45) is 0. The molecule has 1 aromatic heterocycles. The Morgan fingerprint density at radius 2 is 1.73 bits per heavy atom. The molecule has 0 fully saturated rings. The number of hydrogen-bond donors (Lipinski definition) is 1. The van der Waals surface area contributed by atoms with Crippen molar-refractivity contribution in [3.05, 3.63) is 68.6 Å². The Morgan fingerprint density at radius 1 is 1.04 bits per heavy atom. The van der Waals surface area contributed by atoms with Crippen molar-refractivity contribution in [3.8, 4) is 10.6 Å². The van der Waals surface area contributed by atoms with Gasteiger partial charge >= 0.3 is 0 Å². The number of thiazole rings is 1. The van der Waals surface area contributed by atoms with Gasteiger partial charge < -0.3 is 0 Å². The summed E-state index contributed by atoms with van der Waals surface area (Å²) in [5.74, 6) is 0. The Hall–Kier alpha value is -1.44. The van der Waals surface area contributed by atoms with Gasteiger partial charge in [-0.15, -0.1) is 11.3 Å². The van der Waals surface area contributed by atoms with Crippen LogP contribution in [0, 0.1) is 13.8 Å². The first-order valence-corrected chi connectivity index (χ1v) is 10.8. The van der Waals surface area contributed by atoms with Gasteiger partial charge in [-0.2, -0.15) is 0 Å². The van der Waals surface area contributed by atoms with Crippen LogP contribution >= 0.6 is 34.5 Å². The fourth-order valence-corrected chi connectivity index (χ4v) is 5.36. The van der Waals surface area contributed by atoms with Gasteiger partial charge in [-0.25, -0.2) is 18.1 Å². The third-order valence-electron chi connectivity index (χ3n) is 3.93. The summed E-state index contributed by atoms with van der Waals surface area (Å²) in [6.45, 7) is 3.69. The highest BCUT2D eigenvalue weighted by Crippen LogP contribution is 2.33. The molecule has 0 atom stereocenters. The first-order chi connectivity index (χ1) is 12.3. The number of aryl methyl sites for hydroxylation is 1. The molecule has 0 aliphatic carbocycles. The number of nitrogens with zero attached hydrogens (tertiary/aromatic N) is 1. The Morgan fingerprint density at radius 3 is 2.46 bits per heavy atom. The molecule has 3 rings (SSSR count). The summed E-state index contributed by atoms with van der Waals surface area (Å²) in [6, 6.07) is 12.3. The Balaban J connectivity index is 1.84. The molecule has 3 aromatic rings. The molecule has 0 amide bonds. The Kier molecular flexibility index (Phi) is 5.69. The van der Waals surface area contributed by atoms with Crippen molar-refractivity contribution in [2.24, 2.45) is 0 Å². The van der Waals surface area contributed by atoms with Crippen LogP contribution in [-0.4, -0.2) is 13.4 Å². The van der Waals surface area contributed by atoms with Crippen LogP contribution in [0.15, 0.2) is 47.4 Å². The van der Waals surface area contributed by atoms with Gasteiger partial charge in [-0.3, -0.25) is 0 Å². The number of halogens is 2. The van der Waals surface area contributed by atoms with Crippen molar-refractivity contribution in [2.45, 2.75) is 25.3 Å². The van der Waals surface area contributed by atoms with Crippen LogP contribution in [0.3, 0.4) is 0 Å². The van der Waals surface area contributed by atoms with Crippen LogP contribution in [0.5, 0.6) is 0 Å². The number of rotatable bonds is 5. The third kappa shape index (κ3) is 3.94. The van der Waals surface area contributed by atoms with Gasteiger partial charge in [0.15, 0.2) is 0 Å². The standard InChI is InChI=1S/C18H16Cl2N2O2S2/c1-11-14(19)8-5-9-17(11)26(23,24)21-10-16-12(2)22-18(25-16)13-6-3-4-7-15(13)20/h3-9,21H,10H2,1-2H3. The number of benzene rings is 2. The highest BCUT2D eigenvalue weighted by Gasteiger charge is 2.19. The van der Waals surface area contributed by atoms with Crippen molar-refractivity contribution in [1.82, 2.24) is 9.71 Å². The molecule has 4 nitrogen and oxygen atoms in total. The molecule has 0 aliphatic heterocycles. The summed E-state index contributed by atoms with van der Waals surface area (Å²) in [5.41, 5.74) is 2.14. The van der Waals surface area contributed by atoms with Crippen LogP contribution < -0.4 is 4.72 Å². The van der Waals surface area contributed by atoms with E-state index in [-0.39, 0.29) is 11.4 Å². The lowest BCUT2D eigenvalue weighted by molar-refractivity contribution is 0.581. The lowest BCUT2D eigenvalue weighted by Crippen LogP contribution is -2.24. The van der Waals surface area contributed by atoms with Gasteiger partial charge in [0.2, 0.25) is 10.0 Å². The zero-order chi connectivity index (χ0) is 18.9. The maximum atomic E-state index is 12.6. The van der Waals surface area contributed by atoms with E-state index in [4.69, 9.17) is 23.2 Å². The third-order valence-corrected chi connectivity index (χ3v) is 7.40. The molecule has 0 aliphatic rings. The molecule has 26 heavy (non-hydrogen) atoms. The van der Waals surface area contributed by atoms with Crippen LogP contribution in [0.25, 0.3) is 10.6 Å². The molecule has 2 aromatic carbocycles. The average molecular weight is 427 g/mol. The van der Waals surface area contributed by atoms with Crippen LogP contribution in [0.1, 0.15) is 16.1 Å². The van der Waals surface area contributed by atoms with Crippen molar-refractivity contribution < 1.29 is 8.42 Å². The molecule has 0 spiro atoms. The number of sulfonamides is 1. The van der Waals surface area contributed by atoms with E-state index < -0.39 is 10.0 Å². The summed E-state index contributed by atoms with van der Waals surface area (Å²) < 4.78 is 27.9. The number of hydrogen-bond acceptors (Lipinski definition) is 4. The van der Waals surface area contributed by atoms with Crippen LogP contribution in [-0.2, 0) is 16.6 Å². The van der Waals surface area contributed by atoms with Gasteiger partial charge in [0.1, 0.15) is 5.01 Å². The maximum absolute atomic E-state index is 12.6. The molecule has 0 unspecified atom stereocenters. The molecule has 0 bridgehead atoms. The van der Waals surface area contributed by atoms with E-state index in [9.17, 15) is 8.42 Å². The predicted molar refractivity (Wildman–Crippen MR) is 108 cm³/mol. The minimum Gasteiger partial charge on any atom is -0.241 e. The second-order valence-corrected chi connectivity index (χ2v) is 9.33. The van der Waals surface area contributed by atoms with Gasteiger partial charge in [0, 0.05) is 22.0 Å². The molecule has 1 heterocycles. The average Bonchev–Trinajstić information content (AvgIpc) is 2.96. The lowest BCUT2D eigenvalue weighted by Gasteiger charge is -2.09. The molecule has 8 heteroatoms. The molecule has 0 saturated heterocycles. The maximum Gasteiger partial charge on any atom is 0.241 e. The monoisotopic (exact) mass is 426 g/mol. The van der Waals surface area contributed by atoms with E-state index in [0.717, 1.165) is 21.1 Å². The molecule has 1 N–H and O–H groups in total. The first-order valence-electron chi connectivity index (χ1n) is 7.75. The first kappa shape index (κ1) is 19.3. The SMILES string of the molecule is Cc1nc(-c2ccccc2Cl)sc1CNS(=O)(=O)c1cccc(Cl)c1C. The quantitative estimate of drug-likeness (QED) is 0.608. The van der Waals surface area contributed by atoms with E-state index in [1.807, 2.05) is 25.1 Å². The number of nitrogens with one attached hydrogen (secondary N) is 1. The normalized spacial score (nSPS) is 11.7. The Labute approximate surface area is 166 Å². The Bertz CT molecular complexity index is 1060. The lowest BCUT2D eigenvalue weighted by atomic mass is 10.2. The van der Waals surface area contributed by atoms with Crippen molar-refractivity contribution in [1.29, 1.82) is 0 Å². The van der Waals surface area contributed by atoms with E-state index in [1.165, 1.54) is 17.4 Å². The van der Waals surface area contributed by atoms with Gasteiger partial charge in [-0.05, 0) is 37.6 Å². The summed E-state index contributed by atoms with van der Waals surface area (Å²) in [4.78, 5) is 5.54. The van der Waals surface area contributed by atoms with E-state index in [1.54, 1.807) is 25.1 Å². The molecule has 0 radical (unpaired) electrons. The fourth-order valence-electron chi connectivity index (χ4n) is 2.46.